The molecule has 1 aromatic carbocycles. The van der Waals surface area contributed by atoms with Crippen molar-refractivity contribution in [2.75, 3.05) is 26.2 Å². The van der Waals surface area contributed by atoms with E-state index in [9.17, 15) is 4.39 Å². The highest BCUT2D eigenvalue weighted by Crippen LogP contribution is 2.17. The molecule has 0 atom stereocenters. The number of hydrogen-bond donors (Lipinski definition) is 1. The van der Waals surface area contributed by atoms with Gasteiger partial charge in [0.2, 0.25) is 0 Å². The molecule has 1 saturated heterocycles. The molecule has 1 aliphatic heterocycles. The van der Waals surface area contributed by atoms with Crippen molar-refractivity contribution in [2.24, 2.45) is 0 Å². The second-order valence-electron chi connectivity index (χ2n) is 3.77. The largest absolute Gasteiger partial charge is 0.314 e. The van der Waals surface area contributed by atoms with E-state index in [0.29, 0.717) is 4.47 Å². The van der Waals surface area contributed by atoms with Crippen molar-refractivity contribution in [1.82, 2.24) is 10.2 Å². The summed E-state index contributed by atoms with van der Waals surface area (Å²) < 4.78 is 13.8. The summed E-state index contributed by atoms with van der Waals surface area (Å²) in [6, 6.07) is 5.34. The van der Waals surface area contributed by atoms with Gasteiger partial charge in [0.15, 0.2) is 0 Å². The summed E-state index contributed by atoms with van der Waals surface area (Å²) in [7, 11) is 0. The molecule has 1 heterocycles. The fourth-order valence-electron chi connectivity index (χ4n) is 1.77. The van der Waals surface area contributed by atoms with Gasteiger partial charge in [-0.05, 0) is 33.6 Å². The minimum absolute atomic E-state index is 0.178. The summed E-state index contributed by atoms with van der Waals surface area (Å²) in [6.07, 6.45) is 0. The lowest BCUT2D eigenvalue weighted by atomic mass is 10.2. The highest BCUT2D eigenvalue weighted by Gasteiger charge is 2.10. The molecule has 0 aromatic heterocycles. The Hall–Kier alpha value is -0.450. The van der Waals surface area contributed by atoms with Gasteiger partial charge < -0.3 is 5.32 Å². The van der Waals surface area contributed by atoms with Crippen LogP contribution >= 0.6 is 15.9 Å². The lowest BCUT2D eigenvalue weighted by Gasteiger charge is -2.27. The number of benzene rings is 1. The summed E-state index contributed by atoms with van der Waals surface area (Å²) in [5.74, 6) is -0.178. The van der Waals surface area contributed by atoms with E-state index in [2.05, 4.69) is 26.1 Å². The third kappa shape index (κ3) is 3.00. The van der Waals surface area contributed by atoms with Crippen LogP contribution in [0.3, 0.4) is 0 Å². The molecule has 0 unspecified atom stereocenters. The number of rotatable bonds is 2. The highest BCUT2D eigenvalue weighted by atomic mass is 79.9. The topological polar surface area (TPSA) is 15.3 Å². The van der Waals surface area contributed by atoms with E-state index < -0.39 is 0 Å². The van der Waals surface area contributed by atoms with Crippen LogP contribution in [0, 0.1) is 5.82 Å². The molecule has 1 N–H and O–H groups in total. The van der Waals surface area contributed by atoms with Gasteiger partial charge >= 0.3 is 0 Å². The van der Waals surface area contributed by atoms with Gasteiger partial charge in [-0.25, -0.2) is 4.39 Å². The Bertz CT molecular complexity index is 337. The van der Waals surface area contributed by atoms with E-state index in [1.807, 2.05) is 6.07 Å². The van der Waals surface area contributed by atoms with Crippen LogP contribution in [0.15, 0.2) is 22.7 Å². The van der Waals surface area contributed by atoms with Crippen molar-refractivity contribution in [3.8, 4) is 0 Å². The first-order chi connectivity index (χ1) is 7.25. The van der Waals surface area contributed by atoms with E-state index in [0.717, 1.165) is 38.3 Å². The SMILES string of the molecule is Fc1cc(CN2CCNCC2)ccc1Br. The lowest BCUT2D eigenvalue weighted by molar-refractivity contribution is 0.233. The molecule has 1 aromatic rings. The van der Waals surface area contributed by atoms with E-state index in [4.69, 9.17) is 0 Å². The van der Waals surface area contributed by atoms with Crippen LogP contribution in [-0.4, -0.2) is 31.1 Å². The quantitative estimate of drug-likeness (QED) is 0.886. The van der Waals surface area contributed by atoms with Crippen LogP contribution in [0.25, 0.3) is 0 Å². The number of piperazine rings is 1. The van der Waals surface area contributed by atoms with Crippen LogP contribution in [0.2, 0.25) is 0 Å². The Morgan fingerprint density at radius 2 is 2.07 bits per heavy atom. The van der Waals surface area contributed by atoms with E-state index in [1.54, 1.807) is 12.1 Å². The summed E-state index contributed by atoms with van der Waals surface area (Å²) in [5, 5.41) is 3.30. The zero-order chi connectivity index (χ0) is 10.7. The molecule has 0 aliphatic carbocycles. The maximum Gasteiger partial charge on any atom is 0.137 e. The highest BCUT2D eigenvalue weighted by molar-refractivity contribution is 9.10. The van der Waals surface area contributed by atoms with Gasteiger partial charge in [-0.2, -0.15) is 0 Å². The minimum Gasteiger partial charge on any atom is -0.314 e. The van der Waals surface area contributed by atoms with Crippen LogP contribution in [-0.2, 0) is 6.54 Å². The van der Waals surface area contributed by atoms with Crippen LogP contribution < -0.4 is 5.32 Å². The van der Waals surface area contributed by atoms with E-state index in [1.165, 1.54) is 0 Å². The lowest BCUT2D eigenvalue weighted by Crippen LogP contribution is -2.42. The number of nitrogens with one attached hydrogen (secondary N) is 1. The molecule has 0 amide bonds. The fraction of sp³-hybridized carbons (Fsp3) is 0.455. The standard InChI is InChI=1S/C11H14BrFN2/c12-10-2-1-9(7-11(10)13)8-15-5-3-14-4-6-15/h1-2,7,14H,3-6,8H2. The number of nitrogens with zero attached hydrogens (tertiary/aromatic N) is 1. The Morgan fingerprint density at radius 1 is 1.33 bits per heavy atom. The van der Waals surface area contributed by atoms with Crippen LogP contribution in [0.1, 0.15) is 5.56 Å². The first-order valence-electron chi connectivity index (χ1n) is 5.13. The van der Waals surface area contributed by atoms with Gasteiger partial charge in [0, 0.05) is 32.7 Å². The molecular weight excluding hydrogens is 259 g/mol. The Morgan fingerprint density at radius 3 is 2.73 bits per heavy atom. The summed E-state index contributed by atoms with van der Waals surface area (Å²) >= 11 is 3.16. The molecule has 1 fully saturated rings. The van der Waals surface area contributed by atoms with Gasteiger partial charge in [0.1, 0.15) is 5.82 Å². The van der Waals surface area contributed by atoms with Crippen molar-refractivity contribution in [3.63, 3.8) is 0 Å². The van der Waals surface area contributed by atoms with Gasteiger partial charge in [-0.15, -0.1) is 0 Å². The molecule has 4 heteroatoms. The minimum atomic E-state index is -0.178. The second kappa shape index (κ2) is 5.05. The van der Waals surface area contributed by atoms with E-state index >= 15 is 0 Å². The van der Waals surface area contributed by atoms with Crippen LogP contribution in [0.5, 0.6) is 0 Å². The maximum atomic E-state index is 13.3. The summed E-state index contributed by atoms with van der Waals surface area (Å²) in [6.45, 7) is 4.97. The van der Waals surface area contributed by atoms with Crippen molar-refractivity contribution in [2.45, 2.75) is 6.54 Å². The number of halogens is 2. The molecule has 0 saturated carbocycles. The normalized spacial score (nSPS) is 18.0. The van der Waals surface area contributed by atoms with Crippen molar-refractivity contribution >= 4 is 15.9 Å². The molecule has 82 valence electrons. The Kier molecular flexibility index (Phi) is 3.72. The van der Waals surface area contributed by atoms with Gasteiger partial charge in [0.05, 0.1) is 4.47 Å². The maximum absolute atomic E-state index is 13.3. The van der Waals surface area contributed by atoms with Gasteiger partial charge in [0.25, 0.3) is 0 Å². The second-order valence-corrected chi connectivity index (χ2v) is 4.63. The molecule has 0 bridgehead atoms. The third-order valence-electron chi connectivity index (χ3n) is 2.60. The molecule has 1 aliphatic rings. The zero-order valence-corrected chi connectivity index (χ0v) is 10.1. The van der Waals surface area contributed by atoms with Crippen molar-refractivity contribution in [3.05, 3.63) is 34.1 Å². The van der Waals surface area contributed by atoms with Gasteiger partial charge in [-0.1, -0.05) is 6.07 Å². The predicted octanol–water partition coefficient (Wildman–Crippen LogP) is 1.99. The molecule has 0 radical (unpaired) electrons. The van der Waals surface area contributed by atoms with Gasteiger partial charge in [-0.3, -0.25) is 4.90 Å². The average Bonchev–Trinajstić information content (AvgIpc) is 2.25. The molecule has 2 rings (SSSR count). The van der Waals surface area contributed by atoms with Crippen LogP contribution in [0.4, 0.5) is 4.39 Å². The molecule has 15 heavy (non-hydrogen) atoms. The number of hydrogen-bond acceptors (Lipinski definition) is 2. The predicted molar refractivity (Wildman–Crippen MR) is 62.2 cm³/mol. The zero-order valence-electron chi connectivity index (χ0n) is 8.47. The van der Waals surface area contributed by atoms with Crippen molar-refractivity contribution < 1.29 is 4.39 Å². The third-order valence-corrected chi connectivity index (χ3v) is 3.24. The first kappa shape index (κ1) is 11.0. The fourth-order valence-corrected chi connectivity index (χ4v) is 2.01. The monoisotopic (exact) mass is 272 g/mol. The molecule has 2 nitrogen and oxygen atoms in total. The molecule has 0 spiro atoms. The smallest absolute Gasteiger partial charge is 0.137 e. The summed E-state index contributed by atoms with van der Waals surface area (Å²) in [4.78, 5) is 2.33. The Labute approximate surface area is 97.6 Å². The van der Waals surface area contributed by atoms with Crippen molar-refractivity contribution in [1.29, 1.82) is 0 Å². The van der Waals surface area contributed by atoms with E-state index in [-0.39, 0.29) is 5.82 Å². The summed E-state index contributed by atoms with van der Waals surface area (Å²) in [5.41, 5.74) is 1.04. The Balaban J connectivity index is 2.00. The average molecular weight is 273 g/mol. The molecular formula is C11H14BrFN2. The first-order valence-corrected chi connectivity index (χ1v) is 5.92.